The lowest BCUT2D eigenvalue weighted by Gasteiger charge is -2.05. The smallest absolute Gasteiger partial charge is 0.0481 e. The highest BCUT2D eigenvalue weighted by Crippen LogP contribution is 2.27. The summed E-state index contributed by atoms with van der Waals surface area (Å²) in [4.78, 5) is 0. The maximum Gasteiger partial charge on any atom is 0.0481 e. The lowest BCUT2D eigenvalue weighted by Crippen LogP contribution is -1.84. The third kappa shape index (κ3) is 1.66. The van der Waals surface area contributed by atoms with E-state index in [0.29, 0.717) is 0 Å². The fourth-order valence-electron chi connectivity index (χ4n) is 1.54. The first-order valence-electron chi connectivity index (χ1n) is 4.59. The zero-order valence-corrected chi connectivity index (χ0v) is 8.75. The van der Waals surface area contributed by atoms with Gasteiger partial charge < -0.3 is 0 Å². The summed E-state index contributed by atoms with van der Waals surface area (Å²) in [5.74, 6) is 0. The molecule has 0 amide bonds. The lowest BCUT2D eigenvalue weighted by atomic mass is 10.0. The Kier molecular flexibility index (Phi) is 2.55. The topological polar surface area (TPSA) is 0 Å². The maximum absolute atomic E-state index is 6.12. The fourth-order valence-corrected chi connectivity index (χ4v) is 1.82. The molecule has 1 heteroatoms. The summed E-state index contributed by atoms with van der Waals surface area (Å²) in [6.45, 7) is 2.09. The summed E-state index contributed by atoms with van der Waals surface area (Å²) >= 11 is 6.12. The molecule has 0 aliphatic heterocycles. The van der Waals surface area contributed by atoms with E-state index in [1.54, 1.807) is 0 Å². The molecule has 0 aromatic heterocycles. The van der Waals surface area contributed by atoms with Gasteiger partial charge in [0, 0.05) is 5.02 Å². The second-order valence-electron chi connectivity index (χ2n) is 3.28. The van der Waals surface area contributed by atoms with Crippen LogP contribution in [0.3, 0.4) is 0 Å². The Labute approximate surface area is 89.2 Å². The number of halogens is 1. The summed E-state index contributed by atoms with van der Waals surface area (Å²) in [5, 5.41) is 0.811. The Bertz CT molecular complexity index is 422. The zero-order chi connectivity index (χ0) is 9.97. The summed E-state index contributed by atoms with van der Waals surface area (Å²) in [7, 11) is 0. The predicted octanol–water partition coefficient (Wildman–Crippen LogP) is 4.24. The van der Waals surface area contributed by atoms with Crippen LogP contribution >= 0.6 is 11.6 Å². The van der Waals surface area contributed by atoms with Crippen LogP contribution in [0.25, 0.3) is 5.57 Å². The van der Waals surface area contributed by atoms with Crippen LogP contribution in [-0.2, 0) is 0 Å². The van der Waals surface area contributed by atoms with Gasteiger partial charge in [-0.05, 0) is 29.7 Å². The first-order valence-corrected chi connectivity index (χ1v) is 4.97. The molecule has 0 bridgehead atoms. The van der Waals surface area contributed by atoms with E-state index in [9.17, 15) is 0 Å². The third-order valence-electron chi connectivity index (χ3n) is 2.37. The van der Waals surface area contributed by atoms with Gasteiger partial charge in [-0.2, -0.15) is 0 Å². The molecule has 0 saturated carbocycles. The van der Waals surface area contributed by atoms with Crippen LogP contribution in [0.1, 0.15) is 12.5 Å². The zero-order valence-electron chi connectivity index (χ0n) is 8.00. The predicted molar refractivity (Wildman–Crippen MR) is 62.3 cm³/mol. The Balaban J connectivity index is 2.51. The van der Waals surface area contributed by atoms with Crippen LogP contribution in [0.15, 0.2) is 54.1 Å². The number of rotatable bonds is 1. The van der Waals surface area contributed by atoms with Crippen LogP contribution in [0.4, 0.5) is 0 Å². The monoisotopic (exact) mass is 202 g/mol. The van der Waals surface area contributed by atoms with E-state index in [1.807, 2.05) is 36.4 Å². The standard InChI is InChI=1S/C13H11Cl/c1-10(11-6-2-3-7-11)12-8-4-5-9-13(12)14/h2-9H,1H3. The van der Waals surface area contributed by atoms with Gasteiger partial charge in [0.05, 0.1) is 0 Å². The second kappa shape index (κ2) is 3.85. The lowest BCUT2D eigenvalue weighted by molar-refractivity contribution is 1.53. The fraction of sp³-hybridized carbons (Fsp3) is 0.0769. The average Bonchev–Trinajstić information content (AvgIpc) is 2.70. The van der Waals surface area contributed by atoms with Crippen LogP contribution in [-0.4, -0.2) is 0 Å². The van der Waals surface area contributed by atoms with Crippen molar-refractivity contribution in [2.45, 2.75) is 6.92 Å². The molecule has 0 saturated heterocycles. The number of hydrogen-bond acceptors (Lipinski definition) is 0. The van der Waals surface area contributed by atoms with Gasteiger partial charge in [0.25, 0.3) is 0 Å². The van der Waals surface area contributed by atoms with Gasteiger partial charge in [0.2, 0.25) is 0 Å². The van der Waals surface area contributed by atoms with Crippen LogP contribution in [0.2, 0.25) is 5.02 Å². The number of benzene rings is 1. The molecule has 1 aliphatic carbocycles. The molecule has 0 fully saturated rings. The molecule has 0 atom stereocenters. The van der Waals surface area contributed by atoms with Crippen molar-refractivity contribution in [3.63, 3.8) is 0 Å². The van der Waals surface area contributed by atoms with Gasteiger partial charge in [-0.3, -0.25) is 0 Å². The molecule has 0 N–H and O–H groups in total. The average molecular weight is 203 g/mol. The van der Waals surface area contributed by atoms with Crippen molar-refractivity contribution in [3.8, 4) is 0 Å². The molecule has 0 nitrogen and oxygen atoms in total. The molecule has 0 unspecified atom stereocenters. The summed E-state index contributed by atoms with van der Waals surface area (Å²) in [6.07, 6.45) is 8.27. The first kappa shape index (κ1) is 9.29. The highest BCUT2D eigenvalue weighted by molar-refractivity contribution is 6.32. The van der Waals surface area contributed by atoms with E-state index in [4.69, 9.17) is 11.6 Å². The quantitative estimate of drug-likeness (QED) is 0.639. The van der Waals surface area contributed by atoms with Gasteiger partial charge in [-0.1, -0.05) is 54.1 Å². The minimum absolute atomic E-state index is 0.811. The van der Waals surface area contributed by atoms with Crippen LogP contribution < -0.4 is 0 Å². The molecule has 70 valence electrons. The van der Waals surface area contributed by atoms with Gasteiger partial charge in [0.15, 0.2) is 0 Å². The second-order valence-corrected chi connectivity index (χ2v) is 3.69. The van der Waals surface area contributed by atoms with E-state index in [2.05, 4.69) is 19.1 Å². The van der Waals surface area contributed by atoms with Gasteiger partial charge in [-0.25, -0.2) is 0 Å². The molecule has 14 heavy (non-hydrogen) atoms. The van der Waals surface area contributed by atoms with Gasteiger partial charge >= 0.3 is 0 Å². The van der Waals surface area contributed by atoms with E-state index in [-0.39, 0.29) is 0 Å². The molecule has 0 heterocycles. The molecule has 0 spiro atoms. The molecule has 1 aliphatic rings. The highest BCUT2D eigenvalue weighted by Gasteiger charge is 2.05. The van der Waals surface area contributed by atoms with Crippen molar-refractivity contribution in [2.24, 2.45) is 0 Å². The van der Waals surface area contributed by atoms with Crippen molar-refractivity contribution < 1.29 is 0 Å². The van der Waals surface area contributed by atoms with Crippen molar-refractivity contribution >= 4 is 17.2 Å². The van der Waals surface area contributed by atoms with Crippen LogP contribution in [0, 0.1) is 0 Å². The Morgan fingerprint density at radius 3 is 2.36 bits per heavy atom. The number of allylic oxidation sites excluding steroid dienone is 6. The third-order valence-corrected chi connectivity index (χ3v) is 2.70. The summed E-state index contributed by atoms with van der Waals surface area (Å²) in [6, 6.07) is 7.92. The Morgan fingerprint density at radius 2 is 1.71 bits per heavy atom. The van der Waals surface area contributed by atoms with E-state index in [1.165, 1.54) is 11.1 Å². The van der Waals surface area contributed by atoms with Crippen LogP contribution in [0.5, 0.6) is 0 Å². The molecule has 1 aromatic carbocycles. The summed E-state index contributed by atoms with van der Waals surface area (Å²) in [5.41, 5.74) is 3.57. The van der Waals surface area contributed by atoms with Crippen molar-refractivity contribution in [2.75, 3.05) is 0 Å². The minimum Gasteiger partial charge on any atom is -0.0837 e. The molecule has 2 rings (SSSR count). The van der Waals surface area contributed by atoms with Gasteiger partial charge in [-0.15, -0.1) is 0 Å². The van der Waals surface area contributed by atoms with E-state index in [0.717, 1.165) is 10.6 Å². The Morgan fingerprint density at radius 1 is 1.07 bits per heavy atom. The molecule has 1 aromatic rings. The normalized spacial score (nSPS) is 13.7. The molecular formula is C13H11Cl. The van der Waals surface area contributed by atoms with Crippen molar-refractivity contribution in [1.29, 1.82) is 0 Å². The molecule has 0 radical (unpaired) electrons. The number of hydrogen-bond donors (Lipinski definition) is 0. The first-order chi connectivity index (χ1) is 6.79. The summed E-state index contributed by atoms with van der Waals surface area (Å²) < 4.78 is 0. The maximum atomic E-state index is 6.12. The van der Waals surface area contributed by atoms with E-state index >= 15 is 0 Å². The van der Waals surface area contributed by atoms with E-state index < -0.39 is 0 Å². The highest BCUT2D eigenvalue weighted by atomic mass is 35.5. The van der Waals surface area contributed by atoms with Gasteiger partial charge in [0.1, 0.15) is 0 Å². The largest absolute Gasteiger partial charge is 0.0837 e. The minimum atomic E-state index is 0.811. The Hall–Kier alpha value is -1.27. The van der Waals surface area contributed by atoms with Crippen molar-refractivity contribution in [3.05, 3.63) is 64.7 Å². The molecular weight excluding hydrogens is 192 g/mol. The van der Waals surface area contributed by atoms with Crippen molar-refractivity contribution in [1.82, 2.24) is 0 Å². The SMILES string of the molecule is CC(=C1C=CC=C1)c1ccccc1Cl.